The van der Waals surface area contributed by atoms with E-state index in [0.29, 0.717) is 12.2 Å². The number of aliphatic hydroxyl groups excluding tert-OH is 1. The van der Waals surface area contributed by atoms with Gasteiger partial charge < -0.3 is 9.53 Å². The van der Waals surface area contributed by atoms with Crippen molar-refractivity contribution in [1.82, 2.24) is 0 Å². The Kier molecular flexibility index (Phi) is 7.71. The van der Waals surface area contributed by atoms with Crippen LogP contribution >= 0.6 is 0 Å². The maximum Gasteiger partial charge on any atom is 0.193 e. The molecule has 0 aliphatic heterocycles. The number of hydrogen-bond donors (Lipinski definition) is 1. The molecule has 0 bridgehead atoms. The second-order valence-corrected chi connectivity index (χ2v) is 17.3. The normalized spacial score (nSPS) is 13.1. The SMILES string of the molecule is CC(C)(C)[Si](C)(C)OCC#C/C(=C\C#C[Si](C)(C)C)CO. The Bertz CT molecular complexity index is 483. The molecule has 4 heteroatoms. The third-order valence-electron chi connectivity index (χ3n) is 3.42. The lowest BCUT2D eigenvalue weighted by atomic mass is 10.2. The first-order valence-corrected chi connectivity index (χ1v) is 13.8. The van der Waals surface area contributed by atoms with Crippen LogP contribution in [0.1, 0.15) is 20.8 Å². The fourth-order valence-corrected chi connectivity index (χ4v) is 2.41. The van der Waals surface area contributed by atoms with Crippen LogP contribution < -0.4 is 0 Å². The fourth-order valence-electron chi connectivity index (χ4n) is 1.04. The predicted molar refractivity (Wildman–Crippen MR) is 97.2 cm³/mol. The summed E-state index contributed by atoms with van der Waals surface area (Å²) in [5, 5.41) is 9.47. The molecule has 118 valence electrons. The van der Waals surface area contributed by atoms with Gasteiger partial charge in [-0.15, -0.1) is 5.54 Å². The van der Waals surface area contributed by atoms with Gasteiger partial charge in [0.05, 0.1) is 13.2 Å². The number of hydrogen-bond acceptors (Lipinski definition) is 2. The second-order valence-electron chi connectivity index (χ2n) is 7.70. The third kappa shape index (κ3) is 8.96. The highest BCUT2D eigenvalue weighted by Crippen LogP contribution is 2.36. The van der Waals surface area contributed by atoms with E-state index in [1.807, 2.05) is 0 Å². The van der Waals surface area contributed by atoms with Gasteiger partial charge in [-0.3, -0.25) is 0 Å². The van der Waals surface area contributed by atoms with Gasteiger partial charge in [-0.2, -0.15) is 0 Å². The van der Waals surface area contributed by atoms with E-state index in [0.717, 1.165) is 0 Å². The molecular formula is C17H30O2Si2. The first kappa shape index (κ1) is 20.2. The van der Waals surface area contributed by atoms with Gasteiger partial charge in [-0.25, -0.2) is 0 Å². The van der Waals surface area contributed by atoms with E-state index >= 15 is 0 Å². The van der Waals surface area contributed by atoms with Gasteiger partial charge in [0.15, 0.2) is 8.32 Å². The molecule has 0 rings (SSSR count). The van der Waals surface area contributed by atoms with E-state index in [2.05, 4.69) is 76.8 Å². The highest BCUT2D eigenvalue weighted by atomic mass is 28.4. The maximum absolute atomic E-state index is 9.28. The van der Waals surface area contributed by atoms with Gasteiger partial charge >= 0.3 is 0 Å². The van der Waals surface area contributed by atoms with Gasteiger partial charge in [0.1, 0.15) is 8.07 Å². The van der Waals surface area contributed by atoms with E-state index in [-0.39, 0.29) is 11.6 Å². The molecule has 0 aliphatic carbocycles. The van der Waals surface area contributed by atoms with Crippen molar-refractivity contribution in [2.24, 2.45) is 0 Å². The van der Waals surface area contributed by atoms with Crippen LogP contribution in [0.5, 0.6) is 0 Å². The van der Waals surface area contributed by atoms with Crippen molar-refractivity contribution in [1.29, 1.82) is 0 Å². The minimum absolute atomic E-state index is 0.0759. The minimum atomic E-state index is -1.74. The molecule has 2 nitrogen and oxygen atoms in total. The molecular weight excluding hydrogens is 292 g/mol. The molecule has 0 aromatic rings. The summed E-state index contributed by atoms with van der Waals surface area (Å²) in [7, 11) is -3.12. The van der Waals surface area contributed by atoms with Crippen LogP contribution in [0.25, 0.3) is 0 Å². The van der Waals surface area contributed by atoms with Crippen LogP contribution in [0.15, 0.2) is 11.6 Å². The van der Waals surface area contributed by atoms with E-state index < -0.39 is 16.4 Å². The Morgan fingerprint density at radius 3 is 2.14 bits per heavy atom. The Hall–Kier alpha value is -0.786. The molecule has 0 unspecified atom stereocenters. The van der Waals surface area contributed by atoms with E-state index in [1.165, 1.54) is 0 Å². The largest absolute Gasteiger partial charge is 0.406 e. The Morgan fingerprint density at radius 2 is 1.71 bits per heavy atom. The molecule has 21 heavy (non-hydrogen) atoms. The molecule has 0 atom stereocenters. The van der Waals surface area contributed by atoms with Crippen LogP contribution in [0.4, 0.5) is 0 Å². The highest BCUT2D eigenvalue weighted by Gasteiger charge is 2.36. The van der Waals surface area contributed by atoms with Gasteiger partial charge in [0.25, 0.3) is 0 Å². The predicted octanol–water partition coefficient (Wildman–Crippen LogP) is 3.81. The summed E-state index contributed by atoms with van der Waals surface area (Å²) in [6.45, 7) is 17.9. The molecule has 0 fully saturated rings. The minimum Gasteiger partial charge on any atom is -0.406 e. The van der Waals surface area contributed by atoms with Crippen molar-refractivity contribution < 1.29 is 9.53 Å². The topological polar surface area (TPSA) is 29.5 Å². The lowest BCUT2D eigenvalue weighted by Gasteiger charge is -2.35. The monoisotopic (exact) mass is 322 g/mol. The maximum atomic E-state index is 9.28. The first-order valence-electron chi connectivity index (χ1n) is 7.34. The summed E-state index contributed by atoms with van der Waals surface area (Å²) >= 11 is 0. The zero-order valence-corrected chi connectivity index (χ0v) is 16.8. The Labute approximate surface area is 133 Å². The Balaban J connectivity index is 4.68. The Morgan fingerprint density at radius 1 is 1.14 bits per heavy atom. The summed E-state index contributed by atoms with van der Waals surface area (Å²) in [6, 6.07) is 0. The average Bonchev–Trinajstić information content (AvgIpc) is 2.29. The standard InChI is InChI=1S/C17H30O2Si2/c1-17(2,3)21(7,8)19-13-9-11-16(15-18)12-10-14-20(4,5)6/h12,18H,13,15H2,1-8H3/b16-12+. The number of aliphatic hydroxyl groups is 1. The number of allylic oxidation sites excluding steroid dienone is 1. The molecule has 0 saturated heterocycles. The van der Waals surface area contributed by atoms with Gasteiger partial charge in [-0.1, -0.05) is 58.2 Å². The zero-order valence-electron chi connectivity index (χ0n) is 14.8. The van der Waals surface area contributed by atoms with Gasteiger partial charge in [0, 0.05) is 11.6 Å². The molecule has 0 radical (unpaired) electrons. The van der Waals surface area contributed by atoms with Crippen LogP contribution in [-0.4, -0.2) is 34.7 Å². The first-order chi connectivity index (χ1) is 9.39. The summed E-state index contributed by atoms with van der Waals surface area (Å²) in [5.41, 5.74) is 3.88. The van der Waals surface area contributed by atoms with E-state index in [1.54, 1.807) is 6.08 Å². The smallest absolute Gasteiger partial charge is 0.193 e. The van der Waals surface area contributed by atoms with E-state index in [9.17, 15) is 5.11 Å². The molecule has 0 amide bonds. The van der Waals surface area contributed by atoms with E-state index in [4.69, 9.17) is 4.43 Å². The van der Waals surface area contributed by atoms with Crippen molar-refractivity contribution in [3.63, 3.8) is 0 Å². The molecule has 0 heterocycles. The molecule has 1 N–H and O–H groups in total. The lowest BCUT2D eigenvalue weighted by molar-refractivity contribution is 0.332. The van der Waals surface area contributed by atoms with Gasteiger partial charge in [-0.05, 0) is 18.1 Å². The van der Waals surface area contributed by atoms with Crippen molar-refractivity contribution in [2.45, 2.75) is 58.5 Å². The zero-order chi connectivity index (χ0) is 16.7. The third-order valence-corrected chi connectivity index (χ3v) is 8.80. The fraction of sp³-hybridized carbons (Fsp3) is 0.647. The van der Waals surface area contributed by atoms with Crippen molar-refractivity contribution >= 4 is 16.4 Å². The summed E-state index contributed by atoms with van der Waals surface area (Å²) in [5.74, 6) is 8.95. The molecule has 0 aliphatic rings. The average molecular weight is 323 g/mol. The summed E-state index contributed by atoms with van der Waals surface area (Å²) in [4.78, 5) is 0. The second kappa shape index (κ2) is 8.01. The molecule has 0 spiro atoms. The number of rotatable bonds is 3. The molecule has 0 aromatic carbocycles. The van der Waals surface area contributed by atoms with Crippen LogP contribution in [0.2, 0.25) is 37.8 Å². The summed E-state index contributed by atoms with van der Waals surface area (Å²) < 4.78 is 5.97. The molecule has 0 aromatic heterocycles. The van der Waals surface area contributed by atoms with Crippen LogP contribution in [0, 0.1) is 23.3 Å². The van der Waals surface area contributed by atoms with Gasteiger partial charge in [0.2, 0.25) is 0 Å². The lowest BCUT2D eigenvalue weighted by Crippen LogP contribution is -2.40. The molecule has 0 saturated carbocycles. The quantitative estimate of drug-likeness (QED) is 0.632. The van der Waals surface area contributed by atoms with Crippen LogP contribution in [-0.2, 0) is 4.43 Å². The van der Waals surface area contributed by atoms with Crippen molar-refractivity contribution in [3.8, 4) is 23.3 Å². The van der Waals surface area contributed by atoms with Crippen molar-refractivity contribution in [2.75, 3.05) is 13.2 Å². The van der Waals surface area contributed by atoms with Crippen LogP contribution in [0.3, 0.4) is 0 Å². The highest BCUT2D eigenvalue weighted by molar-refractivity contribution is 6.83. The summed E-state index contributed by atoms with van der Waals surface area (Å²) in [6.07, 6.45) is 1.72. The van der Waals surface area contributed by atoms with Crippen molar-refractivity contribution in [3.05, 3.63) is 11.6 Å².